The minimum Gasteiger partial charge on any atom is -0.494 e. The molecule has 0 bridgehead atoms. The molecule has 3 rings (SSSR count). The topological polar surface area (TPSA) is 58.6 Å². The van der Waals surface area contributed by atoms with Gasteiger partial charge < -0.3 is 10.1 Å². The highest BCUT2D eigenvalue weighted by Crippen LogP contribution is 2.32. The average molecular weight is 399 g/mol. The van der Waals surface area contributed by atoms with Crippen LogP contribution in [0.15, 0.2) is 59.5 Å². The Morgan fingerprint density at radius 2 is 1.89 bits per heavy atom. The Labute approximate surface area is 167 Å². The molecule has 1 N–H and O–H groups in total. The molecular weight excluding hydrogens is 380 g/mol. The van der Waals surface area contributed by atoms with E-state index in [9.17, 15) is 9.59 Å². The molecule has 138 valence electrons. The number of thioether (sulfide) groups is 1. The molecule has 0 radical (unpaired) electrons. The Bertz CT molecular complexity index is 880. The number of anilines is 1. The van der Waals surface area contributed by atoms with Crippen LogP contribution in [0.25, 0.3) is 6.08 Å². The van der Waals surface area contributed by atoms with Crippen LogP contribution in [-0.2, 0) is 9.59 Å². The number of nitrogens with one attached hydrogen (secondary N) is 1. The summed E-state index contributed by atoms with van der Waals surface area (Å²) in [6.07, 6.45) is 1.78. The SMILES string of the molecule is CCOc1ccc(NC(=O)CN2C(=O)/C(=C\c3ccccc3)SC2=S)cc1. The first kappa shape index (κ1) is 19.1. The summed E-state index contributed by atoms with van der Waals surface area (Å²) in [7, 11) is 0. The number of hydrogen-bond donors (Lipinski definition) is 1. The van der Waals surface area contributed by atoms with Crippen LogP contribution in [0.5, 0.6) is 5.75 Å². The second-order valence-corrected chi connectivity index (χ2v) is 7.36. The Balaban J connectivity index is 1.63. The maximum atomic E-state index is 12.6. The lowest BCUT2D eigenvalue weighted by Crippen LogP contribution is -2.36. The summed E-state index contributed by atoms with van der Waals surface area (Å²) in [5, 5.41) is 2.77. The van der Waals surface area contributed by atoms with Crippen molar-refractivity contribution in [1.82, 2.24) is 4.90 Å². The molecule has 1 aliphatic heterocycles. The van der Waals surface area contributed by atoms with Gasteiger partial charge in [0.25, 0.3) is 5.91 Å². The van der Waals surface area contributed by atoms with Gasteiger partial charge in [-0.15, -0.1) is 0 Å². The zero-order valence-corrected chi connectivity index (χ0v) is 16.3. The molecule has 0 aromatic heterocycles. The van der Waals surface area contributed by atoms with Crippen LogP contribution in [0.1, 0.15) is 12.5 Å². The van der Waals surface area contributed by atoms with Gasteiger partial charge in [0.2, 0.25) is 5.91 Å². The van der Waals surface area contributed by atoms with Crippen molar-refractivity contribution >= 4 is 51.9 Å². The van der Waals surface area contributed by atoms with Crippen LogP contribution in [0, 0.1) is 0 Å². The summed E-state index contributed by atoms with van der Waals surface area (Å²) < 4.78 is 5.75. The van der Waals surface area contributed by atoms with E-state index in [1.807, 2.05) is 37.3 Å². The van der Waals surface area contributed by atoms with E-state index in [-0.39, 0.29) is 18.4 Å². The van der Waals surface area contributed by atoms with Crippen molar-refractivity contribution in [3.8, 4) is 5.75 Å². The fraction of sp³-hybridized carbons (Fsp3) is 0.150. The highest BCUT2D eigenvalue weighted by molar-refractivity contribution is 8.26. The van der Waals surface area contributed by atoms with E-state index < -0.39 is 0 Å². The number of hydrogen-bond acceptors (Lipinski definition) is 5. The van der Waals surface area contributed by atoms with Crippen LogP contribution in [0.4, 0.5) is 5.69 Å². The second kappa shape index (κ2) is 8.83. The molecule has 0 saturated carbocycles. The van der Waals surface area contributed by atoms with Crippen LogP contribution in [-0.4, -0.2) is 34.2 Å². The van der Waals surface area contributed by atoms with E-state index in [2.05, 4.69) is 5.32 Å². The van der Waals surface area contributed by atoms with Crippen LogP contribution in [0.3, 0.4) is 0 Å². The first-order valence-corrected chi connectivity index (χ1v) is 9.62. The van der Waals surface area contributed by atoms with E-state index in [4.69, 9.17) is 17.0 Å². The number of benzene rings is 2. The minimum atomic E-state index is -0.309. The summed E-state index contributed by atoms with van der Waals surface area (Å²) >= 11 is 6.48. The molecule has 1 fully saturated rings. The molecule has 0 spiro atoms. The zero-order chi connectivity index (χ0) is 19.2. The van der Waals surface area contributed by atoms with Gasteiger partial charge in [0.15, 0.2) is 0 Å². The van der Waals surface area contributed by atoms with Crippen molar-refractivity contribution in [2.75, 3.05) is 18.5 Å². The first-order chi connectivity index (χ1) is 13.1. The minimum absolute atomic E-state index is 0.121. The lowest BCUT2D eigenvalue weighted by atomic mass is 10.2. The molecule has 5 nitrogen and oxygen atoms in total. The van der Waals surface area contributed by atoms with Crippen LogP contribution >= 0.6 is 24.0 Å². The van der Waals surface area contributed by atoms with Crippen molar-refractivity contribution in [1.29, 1.82) is 0 Å². The predicted molar refractivity (Wildman–Crippen MR) is 113 cm³/mol. The largest absolute Gasteiger partial charge is 0.494 e. The standard InChI is InChI=1S/C20H18N2O3S2/c1-2-25-16-10-8-15(9-11-16)21-18(23)13-22-19(24)17(27-20(22)26)12-14-6-4-3-5-7-14/h3-12H,2,13H2,1H3,(H,21,23)/b17-12+. The molecule has 0 atom stereocenters. The molecule has 2 amide bonds. The van der Waals surface area contributed by atoms with Crippen molar-refractivity contribution in [3.63, 3.8) is 0 Å². The smallest absolute Gasteiger partial charge is 0.266 e. The van der Waals surface area contributed by atoms with Crippen molar-refractivity contribution in [2.24, 2.45) is 0 Å². The number of amides is 2. The highest BCUT2D eigenvalue weighted by atomic mass is 32.2. The van der Waals surface area contributed by atoms with Crippen LogP contribution in [0.2, 0.25) is 0 Å². The molecule has 0 aliphatic carbocycles. The molecule has 1 heterocycles. The maximum absolute atomic E-state index is 12.6. The van der Waals surface area contributed by atoms with Gasteiger partial charge in [0.05, 0.1) is 11.5 Å². The van der Waals surface area contributed by atoms with Gasteiger partial charge in [-0.25, -0.2) is 0 Å². The van der Waals surface area contributed by atoms with E-state index in [1.165, 1.54) is 16.7 Å². The van der Waals surface area contributed by atoms with E-state index in [0.29, 0.717) is 21.5 Å². The maximum Gasteiger partial charge on any atom is 0.266 e. The molecular formula is C20H18N2O3S2. The number of thiocarbonyl (C=S) groups is 1. The summed E-state index contributed by atoms with van der Waals surface area (Å²) in [5.41, 5.74) is 1.55. The lowest BCUT2D eigenvalue weighted by molar-refractivity contribution is -0.126. The molecule has 27 heavy (non-hydrogen) atoms. The summed E-state index contributed by atoms with van der Waals surface area (Å²) in [6, 6.07) is 16.6. The zero-order valence-electron chi connectivity index (χ0n) is 14.7. The molecule has 0 unspecified atom stereocenters. The third kappa shape index (κ3) is 4.96. The third-order valence-corrected chi connectivity index (χ3v) is 5.10. The Morgan fingerprint density at radius 1 is 1.19 bits per heavy atom. The van der Waals surface area contributed by atoms with Gasteiger partial charge in [0, 0.05) is 5.69 Å². The summed E-state index contributed by atoms with van der Waals surface area (Å²) in [5.74, 6) is 0.172. The third-order valence-electron chi connectivity index (χ3n) is 3.72. The fourth-order valence-electron chi connectivity index (χ4n) is 2.48. The molecule has 1 saturated heterocycles. The summed E-state index contributed by atoms with van der Waals surface area (Å²) in [4.78, 5) is 26.7. The molecule has 2 aromatic rings. The second-order valence-electron chi connectivity index (χ2n) is 5.68. The molecule has 2 aromatic carbocycles. The molecule has 7 heteroatoms. The average Bonchev–Trinajstić information content (AvgIpc) is 2.92. The quantitative estimate of drug-likeness (QED) is 0.590. The normalized spacial score (nSPS) is 15.3. The number of carbonyl (C=O) groups excluding carboxylic acids is 2. The van der Waals surface area contributed by atoms with Gasteiger partial charge >= 0.3 is 0 Å². The number of carbonyl (C=O) groups is 2. The Hall–Kier alpha value is -2.64. The van der Waals surface area contributed by atoms with Gasteiger partial charge in [-0.3, -0.25) is 14.5 Å². The fourth-order valence-corrected chi connectivity index (χ4v) is 3.74. The van der Waals surface area contributed by atoms with Gasteiger partial charge in [-0.1, -0.05) is 54.3 Å². The van der Waals surface area contributed by atoms with Gasteiger partial charge in [0.1, 0.15) is 16.6 Å². The molecule has 1 aliphatic rings. The van der Waals surface area contributed by atoms with Crippen molar-refractivity contribution < 1.29 is 14.3 Å². The number of ether oxygens (including phenoxy) is 1. The Morgan fingerprint density at radius 3 is 2.56 bits per heavy atom. The van der Waals surface area contributed by atoms with E-state index >= 15 is 0 Å². The number of rotatable bonds is 6. The highest BCUT2D eigenvalue weighted by Gasteiger charge is 2.33. The first-order valence-electron chi connectivity index (χ1n) is 8.40. The Kier molecular flexibility index (Phi) is 6.26. The van der Waals surface area contributed by atoms with Gasteiger partial charge in [-0.05, 0) is 42.8 Å². The summed E-state index contributed by atoms with van der Waals surface area (Å²) in [6.45, 7) is 2.37. The predicted octanol–water partition coefficient (Wildman–Crippen LogP) is 3.93. The van der Waals surface area contributed by atoms with Crippen molar-refractivity contribution in [2.45, 2.75) is 6.92 Å². The van der Waals surface area contributed by atoms with Gasteiger partial charge in [-0.2, -0.15) is 0 Å². The number of nitrogens with zero attached hydrogens (tertiary/aromatic N) is 1. The monoisotopic (exact) mass is 398 g/mol. The van der Waals surface area contributed by atoms with Crippen molar-refractivity contribution in [3.05, 3.63) is 65.1 Å². The van der Waals surface area contributed by atoms with Crippen LogP contribution < -0.4 is 10.1 Å². The van der Waals surface area contributed by atoms with E-state index in [0.717, 1.165) is 11.3 Å². The van der Waals surface area contributed by atoms with E-state index in [1.54, 1.807) is 30.3 Å². The lowest BCUT2D eigenvalue weighted by Gasteiger charge is -2.14.